The topological polar surface area (TPSA) is 3.24 Å². The molecule has 3 rings (SSSR count). The van der Waals surface area contributed by atoms with E-state index in [1.807, 2.05) is 0 Å². The van der Waals surface area contributed by atoms with E-state index < -0.39 is 0 Å². The summed E-state index contributed by atoms with van der Waals surface area (Å²) in [4.78, 5) is 2.33. The number of benzene rings is 2. The highest BCUT2D eigenvalue weighted by atomic mass is 15.1. The average molecular weight is 249 g/mol. The summed E-state index contributed by atoms with van der Waals surface area (Å²) in [6, 6.07) is 21.6. The van der Waals surface area contributed by atoms with Gasteiger partial charge in [0.25, 0.3) is 0 Å². The lowest BCUT2D eigenvalue weighted by Crippen LogP contribution is -2.31. The van der Waals surface area contributed by atoms with E-state index in [1.54, 1.807) is 0 Å². The first-order valence-electron chi connectivity index (χ1n) is 6.74. The highest BCUT2D eigenvalue weighted by molar-refractivity contribution is 5.48. The zero-order valence-electron chi connectivity index (χ0n) is 11.5. The largest absolute Gasteiger partial charge is 0.377 e. The summed E-state index contributed by atoms with van der Waals surface area (Å²) in [6.07, 6.45) is 2.40. The minimum atomic E-state index is -0.0125. The molecule has 19 heavy (non-hydrogen) atoms. The van der Waals surface area contributed by atoms with E-state index in [9.17, 15) is 0 Å². The fraction of sp³-hybridized carbons (Fsp3) is 0.222. The summed E-state index contributed by atoms with van der Waals surface area (Å²) < 4.78 is 0. The Labute approximate surface area is 115 Å². The summed E-state index contributed by atoms with van der Waals surface area (Å²) in [5.74, 6) is 0. The van der Waals surface area contributed by atoms with E-state index in [-0.39, 0.29) is 5.41 Å². The molecule has 0 radical (unpaired) electrons. The number of hydrogen-bond acceptors (Lipinski definition) is 1. The molecular weight excluding hydrogens is 230 g/mol. The third kappa shape index (κ3) is 1.95. The standard InChI is InChI=1S/C18H19N/c1-15-13-18(14-19(15)2,16-9-5-3-6-10-16)17-11-7-4-8-12-17/h3-13H,14H2,1-2H3. The maximum Gasteiger partial charge on any atom is 0.0576 e. The van der Waals surface area contributed by atoms with Crippen LogP contribution in [0.2, 0.25) is 0 Å². The van der Waals surface area contributed by atoms with Crippen LogP contribution in [0.15, 0.2) is 72.4 Å². The Morgan fingerprint density at radius 1 is 0.842 bits per heavy atom. The maximum atomic E-state index is 2.40. The summed E-state index contributed by atoms with van der Waals surface area (Å²) >= 11 is 0. The van der Waals surface area contributed by atoms with Gasteiger partial charge in [-0.05, 0) is 24.1 Å². The Morgan fingerprint density at radius 3 is 1.68 bits per heavy atom. The summed E-state index contributed by atoms with van der Waals surface area (Å²) in [6.45, 7) is 3.19. The highest BCUT2D eigenvalue weighted by Crippen LogP contribution is 2.40. The van der Waals surface area contributed by atoms with Crippen LogP contribution in [0.3, 0.4) is 0 Å². The summed E-state index contributed by atoms with van der Waals surface area (Å²) in [5, 5.41) is 0. The molecule has 1 nitrogen and oxygen atoms in total. The maximum absolute atomic E-state index is 2.40. The van der Waals surface area contributed by atoms with Gasteiger partial charge in [0.1, 0.15) is 0 Å². The van der Waals surface area contributed by atoms with E-state index in [0.717, 1.165) is 6.54 Å². The van der Waals surface area contributed by atoms with Crippen LogP contribution in [0, 0.1) is 0 Å². The number of nitrogens with zero attached hydrogens (tertiary/aromatic N) is 1. The molecule has 0 N–H and O–H groups in total. The molecule has 1 aliphatic heterocycles. The molecule has 0 bridgehead atoms. The van der Waals surface area contributed by atoms with Crippen molar-refractivity contribution >= 4 is 0 Å². The van der Waals surface area contributed by atoms with Gasteiger partial charge in [-0.25, -0.2) is 0 Å². The van der Waals surface area contributed by atoms with E-state index in [4.69, 9.17) is 0 Å². The van der Waals surface area contributed by atoms with Crippen LogP contribution in [-0.4, -0.2) is 18.5 Å². The van der Waals surface area contributed by atoms with Crippen LogP contribution in [0.4, 0.5) is 0 Å². The second kappa shape index (κ2) is 4.58. The van der Waals surface area contributed by atoms with Gasteiger partial charge < -0.3 is 4.90 Å². The molecule has 96 valence electrons. The molecular formula is C18H19N. The quantitative estimate of drug-likeness (QED) is 0.782. The Bertz CT molecular complexity index is 544. The van der Waals surface area contributed by atoms with Crippen molar-refractivity contribution in [2.24, 2.45) is 0 Å². The van der Waals surface area contributed by atoms with Crippen molar-refractivity contribution in [3.63, 3.8) is 0 Å². The average Bonchev–Trinajstić information content (AvgIpc) is 2.78. The van der Waals surface area contributed by atoms with Crippen molar-refractivity contribution < 1.29 is 0 Å². The van der Waals surface area contributed by atoms with Crippen molar-refractivity contribution in [1.82, 2.24) is 4.90 Å². The second-order valence-electron chi connectivity index (χ2n) is 5.35. The first-order valence-corrected chi connectivity index (χ1v) is 6.74. The van der Waals surface area contributed by atoms with Gasteiger partial charge in [-0.3, -0.25) is 0 Å². The monoisotopic (exact) mass is 249 g/mol. The van der Waals surface area contributed by atoms with Gasteiger partial charge in [0, 0.05) is 19.3 Å². The van der Waals surface area contributed by atoms with Crippen LogP contribution in [0.25, 0.3) is 0 Å². The van der Waals surface area contributed by atoms with Crippen molar-refractivity contribution in [3.8, 4) is 0 Å². The van der Waals surface area contributed by atoms with Crippen LogP contribution in [0.5, 0.6) is 0 Å². The number of rotatable bonds is 2. The molecule has 0 spiro atoms. The van der Waals surface area contributed by atoms with Gasteiger partial charge in [-0.1, -0.05) is 60.7 Å². The third-order valence-electron chi connectivity index (χ3n) is 4.12. The molecule has 0 unspecified atom stereocenters. The van der Waals surface area contributed by atoms with Crippen molar-refractivity contribution in [2.45, 2.75) is 12.3 Å². The van der Waals surface area contributed by atoms with E-state index >= 15 is 0 Å². The normalized spacial score (nSPS) is 17.4. The summed E-state index contributed by atoms with van der Waals surface area (Å²) in [7, 11) is 2.17. The molecule has 0 aromatic heterocycles. The zero-order chi connectivity index (χ0) is 13.3. The van der Waals surface area contributed by atoms with E-state index in [1.165, 1.54) is 16.8 Å². The molecule has 2 aromatic carbocycles. The Morgan fingerprint density at radius 2 is 1.32 bits per heavy atom. The van der Waals surface area contributed by atoms with Crippen LogP contribution >= 0.6 is 0 Å². The molecule has 0 saturated carbocycles. The molecule has 0 fully saturated rings. The molecule has 2 aromatic rings. The fourth-order valence-electron chi connectivity index (χ4n) is 3.00. The van der Waals surface area contributed by atoms with Gasteiger partial charge in [-0.15, -0.1) is 0 Å². The van der Waals surface area contributed by atoms with Crippen LogP contribution < -0.4 is 0 Å². The Hall–Kier alpha value is -2.02. The Balaban J connectivity index is 2.19. The lowest BCUT2D eigenvalue weighted by molar-refractivity contribution is 0.407. The van der Waals surface area contributed by atoms with E-state index in [2.05, 4.69) is 85.6 Å². The summed E-state index contributed by atoms with van der Waals surface area (Å²) in [5.41, 5.74) is 4.06. The van der Waals surface area contributed by atoms with Crippen molar-refractivity contribution in [1.29, 1.82) is 0 Å². The molecule has 1 aliphatic rings. The van der Waals surface area contributed by atoms with Crippen LogP contribution in [-0.2, 0) is 5.41 Å². The molecule has 1 heteroatoms. The molecule has 0 atom stereocenters. The third-order valence-corrected chi connectivity index (χ3v) is 4.12. The number of likely N-dealkylation sites (N-methyl/N-ethyl adjacent to an activating group) is 1. The zero-order valence-corrected chi connectivity index (χ0v) is 11.5. The number of allylic oxidation sites excluding steroid dienone is 1. The highest BCUT2D eigenvalue weighted by Gasteiger charge is 2.37. The molecule has 0 aliphatic carbocycles. The van der Waals surface area contributed by atoms with E-state index in [0.29, 0.717) is 0 Å². The van der Waals surface area contributed by atoms with Crippen molar-refractivity contribution in [2.75, 3.05) is 13.6 Å². The second-order valence-corrected chi connectivity index (χ2v) is 5.35. The predicted octanol–water partition coefficient (Wildman–Crippen LogP) is 3.82. The first-order chi connectivity index (χ1) is 9.22. The minimum absolute atomic E-state index is 0.0125. The SMILES string of the molecule is CC1=CC(c2ccccc2)(c2ccccc2)CN1C. The molecule has 0 amide bonds. The molecule has 0 saturated heterocycles. The fourth-order valence-corrected chi connectivity index (χ4v) is 3.00. The van der Waals surface area contributed by atoms with Crippen LogP contribution in [0.1, 0.15) is 18.1 Å². The van der Waals surface area contributed by atoms with Gasteiger partial charge in [-0.2, -0.15) is 0 Å². The minimum Gasteiger partial charge on any atom is -0.377 e. The lowest BCUT2D eigenvalue weighted by Gasteiger charge is -2.30. The van der Waals surface area contributed by atoms with Gasteiger partial charge >= 0.3 is 0 Å². The van der Waals surface area contributed by atoms with Gasteiger partial charge in [0.05, 0.1) is 5.41 Å². The van der Waals surface area contributed by atoms with Crippen molar-refractivity contribution in [3.05, 3.63) is 83.6 Å². The smallest absolute Gasteiger partial charge is 0.0576 e. The molecule has 1 heterocycles. The van der Waals surface area contributed by atoms with Gasteiger partial charge in [0.2, 0.25) is 0 Å². The Kier molecular flexibility index (Phi) is 2.90. The predicted molar refractivity (Wildman–Crippen MR) is 80.1 cm³/mol. The van der Waals surface area contributed by atoms with Gasteiger partial charge in [0.15, 0.2) is 0 Å². The first kappa shape index (κ1) is 12.0. The number of hydrogen-bond donors (Lipinski definition) is 0. The lowest BCUT2D eigenvalue weighted by atomic mass is 9.75.